The first-order valence-electron chi connectivity index (χ1n) is 6.14. The SMILES string of the molecule is COC(=O)C1CCN(C(=O)C=Cc2ccnn2C)C1. The van der Waals surface area contributed by atoms with E-state index >= 15 is 0 Å². The number of methoxy groups -OCH3 is 1. The van der Waals surface area contributed by atoms with E-state index in [4.69, 9.17) is 4.74 Å². The van der Waals surface area contributed by atoms with Crippen LogP contribution in [0, 0.1) is 5.92 Å². The largest absolute Gasteiger partial charge is 0.469 e. The molecule has 0 aliphatic carbocycles. The highest BCUT2D eigenvalue weighted by atomic mass is 16.5. The minimum Gasteiger partial charge on any atom is -0.469 e. The van der Waals surface area contributed by atoms with Crippen molar-refractivity contribution < 1.29 is 14.3 Å². The van der Waals surface area contributed by atoms with Crippen molar-refractivity contribution >= 4 is 18.0 Å². The van der Waals surface area contributed by atoms with E-state index in [1.165, 1.54) is 13.2 Å². The fraction of sp³-hybridized carbons (Fsp3) is 0.462. The first kappa shape index (κ1) is 13.3. The minimum absolute atomic E-state index is 0.0902. The maximum Gasteiger partial charge on any atom is 0.310 e. The fourth-order valence-corrected chi connectivity index (χ4v) is 2.13. The second-order valence-electron chi connectivity index (χ2n) is 4.51. The molecule has 6 nitrogen and oxygen atoms in total. The number of rotatable bonds is 3. The van der Waals surface area contributed by atoms with E-state index in [2.05, 4.69) is 5.10 Å². The number of esters is 1. The first-order valence-corrected chi connectivity index (χ1v) is 6.14. The molecule has 2 rings (SSSR count). The van der Waals surface area contributed by atoms with E-state index in [9.17, 15) is 9.59 Å². The van der Waals surface area contributed by atoms with Gasteiger partial charge in [-0.1, -0.05) is 0 Å². The number of hydrogen-bond donors (Lipinski definition) is 0. The number of ether oxygens (including phenoxy) is 1. The zero-order valence-electron chi connectivity index (χ0n) is 11.1. The molecule has 1 aliphatic rings. The van der Waals surface area contributed by atoms with Crippen LogP contribution in [0.15, 0.2) is 18.3 Å². The Kier molecular flexibility index (Phi) is 3.99. The second-order valence-corrected chi connectivity index (χ2v) is 4.51. The van der Waals surface area contributed by atoms with Gasteiger partial charge < -0.3 is 9.64 Å². The van der Waals surface area contributed by atoms with Crippen LogP contribution < -0.4 is 0 Å². The molecule has 6 heteroatoms. The predicted molar refractivity (Wildman–Crippen MR) is 68.9 cm³/mol. The van der Waals surface area contributed by atoms with E-state index in [0.717, 1.165) is 5.69 Å². The number of carbonyl (C=O) groups excluding carboxylic acids is 2. The molecular weight excluding hydrogens is 246 g/mol. The predicted octanol–water partition coefficient (Wildman–Crippen LogP) is 0.455. The van der Waals surface area contributed by atoms with Gasteiger partial charge in [-0.15, -0.1) is 0 Å². The van der Waals surface area contributed by atoms with E-state index in [1.807, 2.05) is 13.1 Å². The van der Waals surface area contributed by atoms with Gasteiger partial charge in [-0.05, 0) is 18.6 Å². The Morgan fingerprint density at radius 3 is 2.95 bits per heavy atom. The molecule has 19 heavy (non-hydrogen) atoms. The van der Waals surface area contributed by atoms with Crippen molar-refractivity contribution in [3.05, 3.63) is 24.0 Å². The quantitative estimate of drug-likeness (QED) is 0.587. The normalized spacial score (nSPS) is 19.1. The standard InChI is InChI=1S/C13H17N3O3/c1-15-11(5-7-14-15)3-4-12(17)16-8-6-10(9-16)13(18)19-2/h3-5,7,10H,6,8-9H2,1-2H3. The van der Waals surface area contributed by atoms with Crippen LogP contribution in [0.4, 0.5) is 0 Å². The summed E-state index contributed by atoms with van der Waals surface area (Å²) in [6, 6.07) is 1.82. The van der Waals surface area contributed by atoms with Crippen LogP contribution in [-0.2, 0) is 21.4 Å². The van der Waals surface area contributed by atoms with E-state index < -0.39 is 0 Å². The highest BCUT2D eigenvalue weighted by molar-refractivity contribution is 5.92. The Labute approximate surface area is 111 Å². The summed E-state index contributed by atoms with van der Waals surface area (Å²) in [5.74, 6) is -0.530. The van der Waals surface area contributed by atoms with Gasteiger partial charge in [0.2, 0.25) is 5.91 Å². The second kappa shape index (κ2) is 5.69. The summed E-state index contributed by atoms with van der Waals surface area (Å²) >= 11 is 0. The van der Waals surface area contributed by atoms with Crippen molar-refractivity contribution in [1.82, 2.24) is 14.7 Å². The Balaban J connectivity index is 1.93. The van der Waals surface area contributed by atoms with Gasteiger partial charge in [-0.2, -0.15) is 5.10 Å². The monoisotopic (exact) mass is 263 g/mol. The van der Waals surface area contributed by atoms with Crippen LogP contribution in [0.5, 0.6) is 0 Å². The van der Waals surface area contributed by atoms with E-state index in [0.29, 0.717) is 19.5 Å². The minimum atomic E-state index is -0.245. The molecule has 1 fully saturated rings. The van der Waals surface area contributed by atoms with Crippen molar-refractivity contribution in [1.29, 1.82) is 0 Å². The average Bonchev–Trinajstić information content (AvgIpc) is 3.04. The Morgan fingerprint density at radius 1 is 1.53 bits per heavy atom. The van der Waals surface area contributed by atoms with Crippen molar-refractivity contribution in [2.45, 2.75) is 6.42 Å². The molecule has 1 amide bonds. The lowest BCUT2D eigenvalue weighted by molar-refractivity contribution is -0.145. The van der Waals surface area contributed by atoms with Gasteiger partial charge in [0.05, 0.1) is 18.7 Å². The molecule has 1 saturated heterocycles. The van der Waals surface area contributed by atoms with Crippen LogP contribution in [0.3, 0.4) is 0 Å². The summed E-state index contributed by atoms with van der Waals surface area (Å²) in [6.45, 7) is 1.02. The van der Waals surface area contributed by atoms with Gasteiger partial charge >= 0.3 is 5.97 Å². The lowest BCUT2D eigenvalue weighted by Crippen LogP contribution is -2.28. The van der Waals surface area contributed by atoms with E-state index in [-0.39, 0.29) is 17.8 Å². The van der Waals surface area contributed by atoms with Gasteiger partial charge in [0.15, 0.2) is 0 Å². The van der Waals surface area contributed by atoms with Gasteiger partial charge in [0, 0.05) is 32.4 Å². The van der Waals surface area contributed by atoms with Crippen molar-refractivity contribution in [2.24, 2.45) is 13.0 Å². The molecule has 0 N–H and O–H groups in total. The highest BCUT2D eigenvalue weighted by Crippen LogP contribution is 2.17. The molecule has 0 saturated carbocycles. The maximum absolute atomic E-state index is 12.0. The molecule has 0 aromatic carbocycles. The lowest BCUT2D eigenvalue weighted by Gasteiger charge is -2.13. The summed E-state index contributed by atoms with van der Waals surface area (Å²) in [6.07, 6.45) is 5.57. The topological polar surface area (TPSA) is 64.4 Å². The molecule has 1 unspecified atom stereocenters. The van der Waals surface area contributed by atoms with Crippen LogP contribution in [0.25, 0.3) is 6.08 Å². The summed E-state index contributed by atoms with van der Waals surface area (Å²) < 4.78 is 6.38. The maximum atomic E-state index is 12.0. The molecule has 1 aliphatic heterocycles. The van der Waals surface area contributed by atoms with Gasteiger partial charge in [0.25, 0.3) is 0 Å². The molecule has 0 bridgehead atoms. The van der Waals surface area contributed by atoms with E-state index in [1.54, 1.807) is 21.9 Å². The lowest BCUT2D eigenvalue weighted by atomic mass is 10.1. The summed E-state index contributed by atoms with van der Waals surface area (Å²) in [5, 5.41) is 4.02. The Morgan fingerprint density at radius 2 is 2.32 bits per heavy atom. The number of likely N-dealkylation sites (tertiary alicyclic amines) is 1. The zero-order chi connectivity index (χ0) is 13.8. The smallest absolute Gasteiger partial charge is 0.310 e. The molecule has 1 aromatic heterocycles. The molecule has 1 aromatic rings. The molecule has 0 spiro atoms. The summed E-state index contributed by atoms with van der Waals surface area (Å²) in [4.78, 5) is 25.0. The van der Waals surface area contributed by atoms with Crippen LogP contribution in [-0.4, -0.2) is 46.8 Å². The highest BCUT2D eigenvalue weighted by Gasteiger charge is 2.30. The van der Waals surface area contributed by atoms with Crippen LogP contribution in [0.2, 0.25) is 0 Å². The number of aromatic nitrogens is 2. The Hall–Kier alpha value is -2.11. The number of nitrogens with zero attached hydrogens (tertiary/aromatic N) is 3. The molecule has 2 heterocycles. The molecular formula is C13H17N3O3. The Bertz CT molecular complexity index is 507. The number of amides is 1. The number of carbonyl (C=O) groups is 2. The van der Waals surface area contributed by atoms with Gasteiger partial charge in [0.1, 0.15) is 0 Å². The average molecular weight is 263 g/mol. The van der Waals surface area contributed by atoms with Crippen molar-refractivity contribution in [3.63, 3.8) is 0 Å². The van der Waals surface area contributed by atoms with Crippen LogP contribution in [0.1, 0.15) is 12.1 Å². The van der Waals surface area contributed by atoms with Crippen molar-refractivity contribution in [3.8, 4) is 0 Å². The zero-order valence-corrected chi connectivity index (χ0v) is 11.1. The third-order valence-corrected chi connectivity index (χ3v) is 3.29. The molecule has 0 radical (unpaired) electrons. The fourth-order valence-electron chi connectivity index (χ4n) is 2.13. The van der Waals surface area contributed by atoms with Gasteiger partial charge in [-0.3, -0.25) is 14.3 Å². The third kappa shape index (κ3) is 3.01. The first-order chi connectivity index (χ1) is 9.11. The third-order valence-electron chi connectivity index (χ3n) is 3.29. The summed E-state index contributed by atoms with van der Waals surface area (Å²) in [7, 11) is 3.18. The number of hydrogen-bond acceptors (Lipinski definition) is 4. The van der Waals surface area contributed by atoms with Crippen LogP contribution >= 0.6 is 0 Å². The van der Waals surface area contributed by atoms with Crippen molar-refractivity contribution in [2.75, 3.05) is 20.2 Å². The number of aryl methyl sites for hydroxylation is 1. The summed E-state index contributed by atoms with van der Waals surface area (Å²) in [5.41, 5.74) is 0.858. The molecule has 1 atom stereocenters. The van der Waals surface area contributed by atoms with Gasteiger partial charge in [-0.25, -0.2) is 0 Å². The molecule has 102 valence electrons.